The largest absolute Gasteiger partial charge is 0.352 e. The van der Waals surface area contributed by atoms with E-state index in [0.29, 0.717) is 5.92 Å². The first-order valence-corrected chi connectivity index (χ1v) is 6.74. The van der Waals surface area contributed by atoms with Gasteiger partial charge in [0.1, 0.15) is 0 Å². The van der Waals surface area contributed by atoms with E-state index in [9.17, 15) is 4.79 Å². The third-order valence-electron chi connectivity index (χ3n) is 3.44. The first kappa shape index (κ1) is 13.1. The Bertz CT molecular complexity index is 440. The van der Waals surface area contributed by atoms with Crippen LogP contribution in [0.2, 0.25) is 0 Å². The number of hydrogen-bond donors (Lipinski definition) is 2. The van der Waals surface area contributed by atoms with E-state index in [-0.39, 0.29) is 11.9 Å². The summed E-state index contributed by atoms with van der Waals surface area (Å²) in [5.41, 5.74) is 9.20. The molecule has 1 heterocycles. The maximum atomic E-state index is 12.0. The van der Waals surface area contributed by atoms with Gasteiger partial charge in [0.25, 0.3) is 5.91 Å². The highest BCUT2D eigenvalue weighted by Crippen LogP contribution is 2.23. The molecule has 0 spiro atoms. The minimum Gasteiger partial charge on any atom is -0.352 e. The standard InChI is InChI=1S/C15H22N2O/c1-10(2)8-14(16)12-6-5-11-4-3-7-17-15(18)13(11)9-12/h5-6,9-10,14H,3-4,7-8,16H2,1-2H3,(H,17,18). The van der Waals surface area contributed by atoms with Gasteiger partial charge >= 0.3 is 0 Å². The minimum absolute atomic E-state index is 0.0198. The summed E-state index contributed by atoms with van der Waals surface area (Å²) < 4.78 is 0. The fraction of sp³-hybridized carbons (Fsp3) is 0.533. The SMILES string of the molecule is CC(C)CC(N)c1ccc2c(c1)C(=O)NCCC2. The zero-order valence-corrected chi connectivity index (χ0v) is 11.2. The van der Waals surface area contributed by atoms with Crippen molar-refractivity contribution < 1.29 is 4.79 Å². The molecule has 0 bridgehead atoms. The van der Waals surface area contributed by atoms with Gasteiger partial charge in [0.05, 0.1) is 0 Å². The van der Waals surface area contributed by atoms with E-state index < -0.39 is 0 Å². The van der Waals surface area contributed by atoms with Crippen LogP contribution in [-0.2, 0) is 6.42 Å². The van der Waals surface area contributed by atoms with Crippen LogP contribution in [0.3, 0.4) is 0 Å². The molecule has 0 aromatic heterocycles. The van der Waals surface area contributed by atoms with E-state index in [1.807, 2.05) is 6.07 Å². The smallest absolute Gasteiger partial charge is 0.251 e. The number of hydrogen-bond acceptors (Lipinski definition) is 2. The molecule has 0 saturated heterocycles. The molecule has 0 fully saturated rings. The van der Waals surface area contributed by atoms with Crippen molar-refractivity contribution in [2.75, 3.05) is 6.54 Å². The fourth-order valence-corrected chi connectivity index (χ4v) is 2.47. The quantitative estimate of drug-likeness (QED) is 0.860. The summed E-state index contributed by atoms with van der Waals surface area (Å²) in [7, 11) is 0. The van der Waals surface area contributed by atoms with Crippen LogP contribution in [0, 0.1) is 5.92 Å². The summed E-state index contributed by atoms with van der Waals surface area (Å²) in [6, 6.07) is 6.13. The van der Waals surface area contributed by atoms with Gasteiger partial charge in [-0.25, -0.2) is 0 Å². The van der Waals surface area contributed by atoms with Crippen LogP contribution in [0.15, 0.2) is 18.2 Å². The Labute approximate surface area is 109 Å². The molecule has 1 aliphatic heterocycles. The Morgan fingerprint density at radius 1 is 1.39 bits per heavy atom. The van der Waals surface area contributed by atoms with Crippen LogP contribution >= 0.6 is 0 Å². The predicted octanol–water partition coefficient (Wildman–Crippen LogP) is 2.41. The second kappa shape index (κ2) is 5.53. The summed E-state index contributed by atoms with van der Waals surface area (Å²) in [4.78, 5) is 12.0. The number of benzene rings is 1. The van der Waals surface area contributed by atoms with Crippen molar-refractivity contribution in [3.8, 4) is 0 Å². The molecule has 0 saturated carbocycles. The molecule has 1 unspecified atom stereocenters. The van der Waals surface area contributed by atoms with Crippen molar-refractivity contribution in [1.29, 1.82) is 0 Å². The van der Waals surface area contributed by atoms with Crippen molar-refractivity contribution in [2.24, 2.45) is 11.7 Å². The molecule has 0 radical (unpaired) electrons. The number of aryl methyl sites for hydroxylation is 1. The highest BCUT2D eigenvalue weighted by atomic mass is 16.1. The third-order valence-corrected chi connectivity index (χ3v) is 3.44. The van der Waals surface area contributed by atoms with Crippen LogP contribution in [-0.4, -0.2) is 12.5 Å². The summed E-state index contributed by atoms with van der Waals surface area (Å²) >= 11 is 0. The molecule has 1 atom stereocenters. The molecule has 3 heteroatoms. The second-order valence-electron chi connectivity index (χ2n) is 5.51. The first-order valence-electron chi connectivity index (χ1n) is 6.74. The summed E-state index contributed by atoms with van der Waals surface area (Å²) in [6.07, 6.45) is 2.92. The molecule has 1 aliphatic rings. The molecule has 18 heavy (non-hydrogen) atoms. The summed E-state index contributed by atoms with van der Waals surface area (Å²) in [6.45, 7) is 5.09. The molecule has 3 nitrogen and oxygen atoms in total. The van der Waals surface area contributed by atoms with Gasteiger partial charge in [-0.2, -0.15) is 0 Å². The van der Waals surface area contributed by atoms with Crippen molar-refractivity contribution in [3.05, 3.63) is 34.9 Å². The number of amides is 1. The van der Waals surface area contributed by atoms with Gasteiger partial charge in [-0.05, 0) is 42.4 Å². The Balaban J connectivity index is 2.27. The average molecular weight is 246 g/mol. The van der Waals surface area contributed by atoms with Crippen molar-refractivity contribution >= 4 is 5.91 Å². The zero-order chi connectivity index (χ0) is 13.1. The van der Waals surface area contributed by atoms with E-state index >= 15 is 0 Å². The minimum atomic E-state index is 0.0198. The molecular weight excluding hydrogens is 224 g/mol. The number of rotatable bonds is 3. The van der Waals surface area contributed by atoms with Gasteiger partial charge in [-0.15, -0.1) is 0 Å². The van der Waals surface area contributed by atoms with Crippen molar-refractivity contribution in [1.82, 2.24) is 5.32 Å². The average Bonchev–Trinajstić information content (AvgIpc) is 2.50. The number of nitrogens with one attached hydrogen (secondary N) is 1. The molecule has 1 aromatic carbocycles. The highest BCUT2D eigenvalue weighted by Gasteiger charge is 2.17. The molecule has 1 aromatic rings. The molecule has 0 aliphatic carbocycles. The van der Waals surface area contributed by atoms with Crippen LogP contribution in [0.1, 0.15) is 54.2 Å². The lowest BCUT2D eigenvalue weighted by atomic mass is 9.93. The van der Waals surface area contributed by atoms with Gasteiger partial charge in [-0.3, -0.25) is 4.79 Å². The molecule has 2 rings (SSSR count). The Morgan fingerprint density at radius 2 is 2.17 bits per heavy atom. The van der Waals surface area contributed by atoms with Gasteiger partial charge in [0.15, 0.2) is 0 Å². The lowest BCUT2D eigenvalue weighted by Crippen LogP contribution is -2.23. The molecule has 98 valence electrons. The Morgan fingerprint density at radius 3 is 2.89 bits per heavy atom. The maximum absolute atomic E-state index is 12.0. The topological polar surface area (TPSA) is 55.1 Å². The van der Waals surface area contributed by atoms with Gasteiger partial charge < -0.3 is 11.1 Å². The molecule has 1 amide bonds. The third kappa shape index (κ3) is 2.91. The van der Waals surface area contributed by atoms with E-state index in [1.54, 1.807) is 0 Å². The van der Waals surface area contributed by atoms with E-state index in [1.165, 1.54) is 0 Å². The van der Waals surface area contributed by atoms with Crippen LogP contribution < -0.4 is 11.1 Å². The predicted molar refractivity (Wildman–Crippen MR) is 73.5 cm³/mol. The molecule has 3 N–H and O–H groups in total. The van der Waals surface area contributed by atoms with E-state index in [0.717, 1.165) is 42.5 Å². The van der Waals surface area contributed by atoms with Crippen LogP contribution in [0.4, 0.5) is 0 Å². The Kier molecular flexibility index (Phi) is 4.02. The fourth-order valence-electron chi connectivity index (χ4n) is 2.47. The number of carbonyl (C=O) groups is 1. The number of nitrogens with two attached hydrogens (primary N) is 1. The van der Waals surface area contributed by atoms with Gasteiger partial charge in [0, 0.05) is 18.2 Å². The molecular formula is C15H22N2O. The Hall–Kier alpha value is -1.35. The van der Waals surface area contributed by atoms with Gasteiger partial charge in [-0.1, -0.05) is 26.0 Å². The highest BCUT2D eigenvalue weighted by molar-refractivity contribution is 5.96. The normalized spacial score (nSPS) is 17.0. The first-order chi connectivity index (χ1) is 8.58. The number of carbonyl (C=O) groups excluding carboxylic acids is 1. The monoisotopic (exact) mass is 246 g/mol. The summed E-state index contributed by atoms with van der Waals surface area (Å²) in [5.74, 6) is 0.605. The van der Waals surface area contributed by atoms with Crippen molar-refractivity contribution in [2.45, 2.75) is 39.2 Å². The van der Waals surface area contributed by atoms with Crippen LogP contribution in [0.5, 0.6) is 0 Å². The summed E-state index contributed by atoms with van der Waals surface area (Å²) in [5, 5.41) is 2.93. The number of fused-ring (bicyclic) bond motifs is 1. The lowest BCUT2D eigenvalue weighted by molar-refractivity contribution is 0.0956. The van der Waals surface area contributed by atoms with E-state index in [2.05, 4.69) is 31.3 Å². The maximum Gasteiger partial charge on any atom is 0.251 e. The van der Waals surface area contributed by atoms with Crippen molar-refractivity contribution in [3.63, 3.8) is 0 Å². The second-order valence-corrected chi connectivity index (χ2v) is 5.51. The van der Waals surface area contributed by atoms with Gasteiger partial charge in [0.2, 0.25) is 0 Å². The van der Waals surface area contributed by atoms with E-state index in [4.69, 9.17) is 5.73 Å². The lowest BCUT2D eigenvalue weighted by Gasteiger charge is -2.16. The van der Waals surface area contributed by atoms with Crippen LogP contribution in [0.25, 0.3) is 0 Å². The zero-order valence-electron chi connectivity index (χ0n) is 11.2.